The number of carboxylic acids is 1. The second-order valence-electron chi connectivity index (χ2n) is 3.42. The van der Waals surface area contributed by atoms with Crippen molar-refractivity contribution in [1.29, 1.82) is 0 Å². The van der Waals surface area contributed by atoms with E-state index in [1.807, 2.05) is 29.6 Å². The normalized spacial score (nSPS) is 25.4. The first kappa shape index (κ1) is 11.0. The number of carbonyl (C=O) groups is 1. The lowest BCUT2D eigenvalue weighted by Gasteiger charge is -2.10. The maximum Gasteiger partial charge on any atom is 0.159 e. The van der Waals surface area contributed by atoms with Crippen LogP contribution >= 0.6 is 27.7 Å². The third-order valence-electron chi connectivity index (χ3n) is 2.36. The zero-order valence-electron chi connectivity index (χ0n) is 7.85. The van der Waals surface area contributed by atoms with Crippen molar-refractivity contribution in [2.45, 2.75) is 11.4 Å². The van der Waals surface area contributed by atoms with Crippen LogP contribution in [0.1, 0.15) is 10.9 Å². The van der Waals surface area contributed by atoms with E-state index in [1.54, 1.807) is 11.8 Å². The van der Waals surface area contributed by atoms with Crippen LogP contribution in [-0.4, -0.2) is 17.8 Å². The van der Waals surface area contributed by atoms with Gasteiger partial charge in [0.2, 0.25) is 0 Å². The Kier molecular flexibility index (Phi) is 3.33. The van der Waals surface area contributed by atoms with Crippen molar-refractivity contribution in [3.8, 4) is 0 Å². The molecule has 2 N–H and O–H groups in total. The number of nitrogens with two attached hydrogens (primary N) is 1. The molecule has 0 amide bonds. The molecule has 15 heavy (non-hydrogen) atoms. The summed E-state index contributed by atoms with van der Waals surface area (Å²) in [5.41, 5.74) is 1.15. The van der Waals surface area contributed by atoms with Gasteiger partial charge in [-0.15, -0.1) is 0 Å². The van der Waals surface area contributed by atoms with Crippen molar-refractivity contribution in [3.05, 3.63) is 34.3 Å². The van der Waals surface area contributed by atoms with Crippen molar-refractivity contribution in [1.82, 2.24) is 0 Å². The molecule has 1 saturated heterocycles. The highest BCUT2D eigenvalue weighted by molar-refractivity contribution is 9.10. The predicted octanol–water partition coefficient (Wildman–Crippen LogP) is -0.124. The third kappa shape index (κ3) is 2.53. The fourth-order valence-corrected chi connectivity index (χ4v) is 3.11. The van der Waals surface area contributed by atoms with Crippen molar-refractivity contribution < 1.29 is 15.2 Å². The Labute approximate surface area is 100 Å². The molecular weight excluding hydrogens is 278 g/mol. The van der Waals surface area contributed by atoms with Crippen molar-refractivity contribution in [2.75, 3.05) is 5.75 Å². The monoisotopic (exact) mass is 287 g/mol. The Hall–Kier alpha value is -0.520. The predicted molar refractivity (Wildman–Crippen MR) is 60.1 cm³/mol. The number of aliphatic carboxylic acids is 1. The second-order valence-corrected chi connectivity index (χ2v) is 5.51. The molecular formula is C10H10BrNO2S. The summed E-state index contributed by atoms with van der Waals surface area (Å²) >= 11 is 5.01. The smallest absolute Gasteiger partial charge is 0.159 e. The molecule has 0 bridgehead atoms. The van der Waals surface area contributed by atoms with Crippen LogP contribution in [0.5, 0.6) is 0 Å². The quantitative estimate of drug-likeness (QED) is 0.825. The lowest BCUT2D eigenvalue weighted by atomic mass is 10.2. The molecule has 1 aromatic carbocycles. The molecule has 1 fully saturated rings. The number of halogens is 1. The molecule has 1 heterocycles. The van der Waals surface area contributed by atoms with Crippen molar-refractivity contribution in [2.24, 2.45) is 0 Å². The van der Waals surface area contributed by atoms with Gasteiger partial charge in [-0.25, -0.2) is 0 Å². The van der Waals surface area contributed by atoms with Crippen molar-refractivity contribution >= 4 is 33.7 Å². The van der Waals surface area contributed by atoms with Crippen LogP contribution < -0.4 is 10.4 Å². The highest BCUT2D eigenvalue weighted by Crippen LogP contribution is 2.27. The molecule has 2 rings (SSSR count). The van der Waals surface area contributed by atoms with E-state index in [1.165, 1.54) is 0 Å². The average Bonchev–Trinajstić information content (AvgIpc) is 2.68. The van der Waals surface area contributed by atoms with Gasteiger partial charge < -0.3 is 15.2 Å². The van der Waals surface area contributed by atoms with E-state index in [4.69, 9.17) is 0 Å². The minimum absolute atomic E-state index is 0.181. The first-order valence-corrected chi connectivity index (χ1v) is 6.44. The van der Waals surface area contributed by atoms with Gasteiger partial charge in [0.1, 0.15) is 12.0 Å². The lowest BCUT2D eigenvalue weighted by molar-refractivity contribution is -0.690. The number of hydrogen-bond acceptors (Lipinski definition) is 3. The summed E-state index contributed by atoms with van der Waals surface area (Å²) in [4.78, 5) is 10.7. The summed E-state index contributed by atoms with van der Waals surface area (Å²) in [6, 6.07) is 7.54. The third-order valence-corrected chi connectivity index (χ3v) is 4.23. The van der Waals surface area contributed by atoms with E-state index in [9.17, 15) is 9.90 Å². The Morgan fingerprint density at radius 2 is 2.13 bits per heavy atom. The lowest BCUT2D eigenvalue weighted by Crippen LogP contribution is -2.90. The first-order chi connectivity index (χ1) is 7.16. The standard InChI is InChI=1S/C10H10BrNO2S/c11-7-3-1-6(2-4-7)9-12-8(5-15-9)10(13)14/h1-4,8-9,12H,5H2,(H,13,14)/t8-,9-/m1/s1. The number of carbonyl (C=O) groups excluding carboxylic acids is 1. The molecule has 2 atom stereocenters. The number of carboxylic acid groups (broad SMARTS) is 1. The zero-order chi connectivity index (χ0) is 10.8. The van der Waals surface area contributed by atoms with Crippen LogP contribution in [0.25, 0.3) is 0 Å². The first-order valence-electron chi connectivity index (χ1n) is 4.60. The molecule has 0 radical (unpaired) electrons. The summed E-state index contributed by atoms with van der Waals surface area (Å²) < 4.78 is 1.03. The molecule has 0 unspecified atom stereocenters. The summed E-state index contributed by atoms with van der Waals surface area (Å²) in [7, 11) is 0. The molecule has 3 nitrogen and oxygen atoms in total. The van der Waals surface area contributed by atoms with Crippen molar-refractivity contribution in [3.63, 3.8) is 0 Å². The molecule has 0 spiro atoms. The molecule has 0 saturated carbocycles. The van der Waals surface area contributed by atoms with Gasteiger partial charge in [-0.1, -0.05) is 39.8 Å². The summed E-state index contributed by atoms with van der Waals surface area (Å²) in [5, 5.41) is 12.7. The Morgan fingerprint density at radius 1 is 1.47 bits per heavy atom. The van der Waals surface area contributed by atoms with E-state index in [2.05, 4.69) is 15.9 Å². The minimum atomic E-state index is -0.970. The maximum absolute atomic E-state index is 10.7. The van der Waals surface area contributed by atoms with Crippen LogP contribution in [0.15, 0.2) is 28.7 Å². The van der Waals surface area contributed by atoms with Gasteiger partial charge in [0.15, 0.2) is 5.37 Å². The SMILES string of the molecule is O=C([O-])[C@H]1CS[C@H](c2ccc(Br)cc2)[NH2+]1. The van der Waals surface area contributed by atoms with Crippen LogP contribution in [-0.2, 0) is 4.79 Å². The van der Waals surface area contributed by atoms with Crippen LogP contribution in [0.4, 0.5) is 0 Å². The molecule has 1 aliphatic rings. The zero-order valence-corrected chi connectivity index (χ0v) is 10.3. The molecule has 0 aromatic heterocycles. The largest absolute Gasteiger partial charge is 0.544 e. The van der Waals surface area contributed by atoms with Gasteiger partial charge in [-0.3, -0.25) is 0 Å². The number of benzene rings is 1. The molecule has 80 valence electrons. The summed E-state index contributed by atoms with van der Waals surface area (Å²) in [6.45, 7) is 0. The number of hydrogen-bond donors (Lipinski definition) is 1. The van der Waals surface area contributed by atoms with E-state index < -0.39 is 12.0 Å². The highest BCUT2D eigenvalue weighted by Gasteiger charge is 2.30. The van der Waals surface area contributed by atoms with Gasteiger partial charge in [-0.2, -0.15) is 0 Å². The number of quaternary nitrogens is 1. The fraction of sp³-hybridized carbons (Fsp3) is 0.300. The van der Waals surface area contributed by atoms with Gasteiger partial charge in [0, 0.05) is 10.0 Å². The topological polar surface area (TPSA) is 56.7 Å². The van der Waals surface area contributed by atoms with Gasteiger partial charge in [-0.05, 0) is 12.1 Å². The summed E-state index contributed by atoms with van der Waals surface area (Å²) in [5.74, 6) is -0.356. The Morgan fingerprint density at radius 3 is 2.67 bits per heavy atom. The Bertz CT molecular complexity index is 368. The van der Waals surface area contributed by atoms with E-state index in [0.717, 1.165) is 10.0 Å². The molecule has 0 aliphatic carbocycles. The molecule has 5 heteroatoms. The van der Waals surface area contributed by atoms with Crippen LogP contribution in [0, 0.1) is 0 Å². The maximum atomic E-state index is 10.7. The summed E-state index contributed by atoms with van der Waals surface area (Å²) in [6.07, 6.45) is 0. The molecule has 1 aliphatic heterocycles. The second kappa shape index (κ2) is 4.55. The number of rotatable bonds is 2. The fourth-order valence-electron chi connectivity index (χ4n) is 1.54. The van der Waals surface area contributed by atoms with Gasteiger partial charge >= 0.3 is 0 Å². The van der Waals surface area contributed by atoms with E-state index in [0.29, 0.717) is 5.75 Å². The molecule has 1 aromatic rings. The van der Waals surface area contributed by atoms with Gasteiger partial charge in [0.25, 0.3) is 0 Å². The van der Waals surface area contributed by atoms with E-state index in [-0.39, 0.29) is 5.37 Å². The Balaban J connectivity index is 2.07. The number of thioether (sulfide) groups is 1. The van der Waals surface area contributed by atoms with E-state index >= 15 is 0 Å². The average molecular weight is 288 g/mol. The van der Waals surface area contributed by atoms with Gasteiger partial charge in [0.05, 0.1) is 5.75 Å². The van der Waals surface area contributed by atoms with Crippen LogP contribution in [0.3, 0.4) is 0 Å². The minimum Gasteiger partial charge on any atom is -0.544 e. The highest BCUT2D eigenvalue weighted by atomic mass is 79.9. The van der Waals surface area contributed by atoms with Crippen LogP contribution in [0.2, 0.25) is 0 Å².